The van der Waals surface area contributed by atoms with E-state index >= 15 is 0 Å². The third-order valence-corrected chi connectivity index (χ3v) is 4.39. The van der Waals surface area contributed by atoms with Gasteiger partial charge in [-0.3, -0.25) is 9.69 Å². The maximum atomic E-state index is 12.3. The van der Waals surface area contributed by atoms with Gasteiger partial charge >= 0.3 is 0 Å². The highest BCUT2D eigenvalue weighted by Gasteiger charge is 2.23. The molecule has 1 aliphatic heterocycles. The Kier molecular flexibility index (Phi) is 5.44. The molecule has 20 heavy (non-hydrogen) atoms. The first-order valence-electron chi connectivity index (χ1n) is 6.84. The lowest BCUT2D eigenvalue weighted by atomic mass is 10.1. The summed E-state index contributed by atoms with van der Waals surface area (Å²) in [5, 5.41) is 0.973. The number of carbonyl (C=O) groups is 1. The Morgan fingerprint density at radius 1 is 1.45 bits per heavy atom. The van der Waals surface area contributed by atoms with E-state index in [9.17, 15) is 4.79 Å². The van der Waals surface area contributed by atoms with Crippen LogP contribution in [0.1, 0.15) is 23.2 Å². The van der Waals surface area contributed by atoms with Crippen molar-refractivity contribution in [1.29, 1.82) is 0 Å². The van der Waals surface area contributed by atoms with Crippen LogP contribution >= 0.6 is 23.2 Å². The number of halogens is 2. The summed E-state index contributed by atoms with van der Waals surface area (Å²) in [7, 11) is 4.12. The van der Waals surface area contributed by atoms with Gasteiger partial charge in [0.1, 0.15) is 0 Å². The zero-order valence-corrected chi connectivity index (χ0v) is 13.4. The van der Waals surface area contributed by atoms with Crippen LogP contribution in [0.15, 0.2) is 18.2 Å². The van der Waals surface area contributed by atoms with Crippen LogP contribution in [0.2, 0.25) is 10.0 Å². The molecule has 1 unspecified atom stereocenters. The minimum Gasteiger partial charge on any atom is -0.302 e. The van der Waals surface area contributed by atoms with Crippen molar-refractivity contribution in [2.24, 2.45) is 0 Å². The number of likely N-dealkylation sites (N-methyl/N-ethyl adjacent to an activating group) is 2. The molecule has 0 bridgehead atoms. The molecule has 5 heteroatoms. The summed E-state index contributed by atoms with van der Waals surface area (Å²) < 4.78 is 0. The zero-order chi connectivity index (χ0) is 14.7. The van der Waals surface area contributed by atoms with Gasteiger partial charge < -0.3 is 4.90 Å². The second-order valence-electron chi connectivity index (χ2n) is 5.52. The lowest BCUT2D eigenvalue weighted by Gasteiger charge is -2.25. The van der Waals surface area contributed by atoms with Crippen LogP contribution in [-0.2, 0) is 0 Å². The van der Waals surface area contributed by atoms with Crippen molar-refractivity contribution in [3.8, 4) is 0 Å². The quantitative estimate of drug-likeness (QED) is 0.780. The maximum absolute atomic E-state index is 12.3. The Morgan fingerprint density at radius 3 is 2.80 bits per heavy atom. The van der Waals surface area contributed by atoms with Gasteiger partial charge in [0.15, 0.2) is 5.78 Å². The fraction of sp³-hybridized carbons (Fsp3) is 0.533. The van der Waals surface area contributed by atoms with Crippen LogP contribution in [0.25, 0.3) is 0 Å². The summed E-state index contributed by atoms with van der Waals surface area (Å²) in [6.45, 7) is 2.44. The van der Waals surface area contributed by atoms with Gasteiger partial charge in [-0.15, -0.1) is 0 Å². The van der Waals surface area contributed by atoms with Crippen molar-refractivity contribution >= 4 is 29.0 Å². The highest BCUT2D eigenvalue weighted by Crippen LogP contribution is 2.22. The summed E-state index contributed by atoms with van der Waals surface area (Å²) in [5.74, 6) is 0.0369. The number of Topliss-reactive ketones (excluding diaryl/α,β-unsaturated/α-hetero) is 1. The van der Waals surface area contributed by atoms with Crippen molar-refractivity contribution in [2.45, 2.75) is 18.9 Å². The minimum absolute atomic E-state index is 0.0369. The van der Waals surface area contributed by atoms with Crippen molar-refractivity contribution in [2.75, 3.05) is 33.7 Å². The Hall–Kier alpha value is -0.610. The standard InChI is InChI=1S/C15H20Cl2N2O/c1-18(9-12-4-3-7-19(12)2)10-15(20)13-6-5-11(16)8-14(13)17/h5-6,8,12H,3-4,7,9-10H2,1-2H3. The molecule has 1 aromatic rings. The molecule has 0 spiro atoms. The second-order valence-corrected chi connectivity index (χ2v) is 6.36. The third kappa shape index (κ3) is 3.95. The van der Waals surface area contributed by atoms with Crippen molar-refractivity contribution in [3.63, 3.8) is 0 Å². The van der Waals surface area contributed by atoms with Gasteiger partial charge in [0, 0.05) is 23.2 Å². The summed E-state index contributed by atoms with van der Waals surface area (Å²) >= 11 is 11.9. The van der Waals surface area contributed by atoms with E-state index in [4.69, 9.17) is 23.2 Å². The number of benzene rings is 1. The van der Waals surface area contributed by atoms with Crippen molar-refractivity contribution < 1.29 is 4.79 Å². The molecule has 0 amide bonds. The van der Waals surface area contributed by atoms with Crippen molar-refractivity contribution in [3.05, 3.63) is 33.8 Å². The second kappa shape index (κ2) is 6.90. The highest BCUT2D eigenvalue weighted by molar-refractivity contribution is 6.36. The number of hydrogen-bond donors (Lipinski definition) is 0. The molecule has 0 aromatic heterocycles. The maximum Gasteiger partial charge on any atom is 0.178 e. The van der Waals surface area contributed by atoms with E-state index in [2.05, 4.69) is 16.8 Å². The summed E-state index contributed by atoms with van der Waals surface area (Å²) in [6, 6.07) is 5.56. The fourth-order valence-electron chi connectivity index (χ4n) is 2.68. The van der Waals surface area contributed by atoms with E-state index in [1.165, 1.54) is 12.8 Å². The molecule has 0 radical (unpaired) electrons. The SMILES string of the molecule is CN(CC(=O)c1ccc(Cl)cc1Cl)CC1CCCN1C. The summed E-state index contributed by atoms with van der Waals surface area (Å²) in [5.41, 5.74) is 0.544. The van der Waals surface area contributed by atoms with Crippen LogP contribution in [0.3, 0.4) is 0 Å². The predicted octanol–water partition coefficient (Wildman–Crippen LogP) is 3.20. The first kappa shape index (κ1) is 15.8. The Bertz CT molecular complexity index is 493. The van der Waals surface area contributed by atoms with E-state index in [0.717, 1.165) is 13.1 Å². The average Bonchev–Trinajstić information content (AvgIpc) is 2.74. The zero-order valence-electron chi connectivity index (χ0n) is 11.9. The number of rotatable bonds is 5. The van der Waals surface area contributed by atoms with Gasteiger partial charge in [0.05, 0.1) is 11.6 Å². The van der Waals surface area contributed by atoms with Crippen LogP contribution in [0, 0.1) is 0 Å². The number of likely N-dealkylation sites (tertiary alicyclic amines) is 1. The fourth-order valence-corrected chi connectivity index (χ4v) is 3.19. The molecule has 0 aliphatic carbocycles. The molecule has 1 aromatic carbocycles. The molecule has 1 fully saturated rings. The topological polar surface area (TPSA) is 23.6 Å². The Balaban J connectivity index is 1.93. The first-order chi connectivity index (χ1) is 9.47. The molecule has 1 aliphatic rings. The van der Waals surface area contributed by atoms with E-state index in [1.54, 1.807) is 18.2 Å². The molecule has 0 N–H and O–H groups in total. The molecule has 2 rings (SSSR count). The van der Waals surface area contributed by atoms with E-state index < -0.39 is 0 Å². The lowest BCUT2D eigenvalue weighted by molar-refractivity contribution is 0.0932. The van der Waals surface area contributed by atoms with Gasteiger partial charge in [-0.05, 0) is 51.7 Å². The van der Waals surface area contributed by atoms with Crippen LogP contribution in [0.4, 0.5) is 0 Å². The molecular formula is C15H20Cl2N2O. The lowest BCUT2D eigenvalue weighted by Crippen LogP contribution is -2.38. The van der Waals surface area contributed by atoms with Gasteiger partial charge in [0.2, 0.25) is 0 Å². The smallest absolute Gasteiger partial charge is 0.178 e. The van der Waals surface area contributed by atoms with E-state index in [0.29, 0.717) is 28.2 Å². The molecular weight excluding hydrogens is 295 g/mol. The number of carbonyl (C=O) groups excluding carboxylic acids is 1. The van der Waals surface area contributed by atoms with Gasteiger partial charge in [0.25, 0.3) is 0 Å². The van der Waals surface area contributed by atoms with Gasteiger partial charge in [-0.25, -0.2) is 0 Å². The largest absolute Gasteiger partial charge is 0.302 e. The molecule has 1 atom stereocenters. The molecule has 0 saturated carbocycles. The van der Waals surface area contributed by atoms with E-state index in [-0.39, 0.29) is 5.78 Å². The van der Waals surface area contributed by atoms with Gasteiger partial charge in [-0.1, -0.05) is 23.2 Å². The molecule has 110 valence electrons. The normalized spacial score (nSPS) is 19.8. The molecule has 3 nitrogen and oxygen atoms in total. The summed E-state index contributed by atoms with van der Waals surface area (Å²) in [6.07, 6.45) is 2.45. The minimum atomic E-state index is 0.0369. The summed E-state index contributed by atoms with van der Waals surface area (Å²) in [4.78, 5) is 16.7. The molecule has 1 saturated heterocycles. The first-order valence-corrected chi connectivity index (χ1v) is 7.60. The average molecular weight is 315 g/mol. The number of hydrogen-bond acceptors (Lipinski definition) is 3. The molecule has 1 heterocycles. The van der Waals surface area contributed by atoms with Crippen LogP contribution in [-0.4, -0.2) is 55.4 Å². The Morgan fingerprint density at radius 2 is 2.20 bits per heavy atom. The Labute approximate surface area is 130 Å². The predicted molar refractivity (Wildman–Crippen MR) is 83.9 cm³/mol. The van der Waals surface area contributed by atoms with Gasteiger partial charge in [-0.2, -0.15) is 0 Å². The number of ketones is 1. The third-order valence-electron chi connectivity index (χ3n) is 3.84. The van der Waals surface area contributed by atoms with Crippen LogP contribution in [0.5, 0.6) is 0 Å². The number of nitrogens with zero attached hydrogens (tertiary/aromatic N) is 2. The van der Waals surface area contributed by atoms with Crippen molar-refractivity contribution in [1.82, 2.24) is 9.80 Å². The monoisotopic (exact) mass is 314 g/mol. The highest BCUT2D eigenvalue weighted by atomic mass is 35.5. The van der Waals surface area contributed by atoms with E-state index in [1.807, 2.05) is 7.05 Å². The van der Waals surface area contributed by atoms with Crippen LogP contribution < -0.4 is 0 Å².